The van der Waals surface area contributed by atoms with E-state index in [-0.39, 0.29) is 18.4 Å². The van der Waals surface area contributed by atoms with Gasteiger partial charge in [-0.05, 0) is 42.7 Å². The molecule has 0 radical (unpaired) electrons. The van der Waals surface area contributed by atoms with Gasteiger partial charge in [0.05, 0.1) is 12.3 Å². The largest absolute Gasteiger partial charge is 0.492 e. The lowest BCUT2D eigenvalue weighted by Gasteiger charge is -2.23. The molecule has 5 nitrogen and oxygen atoms in total. The predicted octanol–water partition coefficient (Wildman–Crippen LogP) is 4.20. The Balaban J connectivity index is 2.12. The van der Waals surface area contributed by atoms with E-state index in [1.807, 2.05) is 43.3 Å². The Morgan fingerprint density at radius 2 is 1.73 bits per heavy atom. The van der Waals surface area contributed by atoms with Crippen LogP contribution in [0.3, 0.4) is 0 Å². The molecule has 0 heterocycles. The van der Waals surface area contributed by atoms with Gasteiger partial charge < -0.3 is 10.1 Å². The molecule has 0 unspecified atom stereocenters. The van der Waals surface area contributed by atoms with Crippen molar-refractivity contribution in [2.45, 2.75) is 33.6 Å². The zero-order chi connectivity index (χ0) is 19.1. The standard InChI is InChI=1S/C21H26N2O3/c1-5-26-20-9-7-6-8-19(20)23(16(4)24)14-21(25)22-18-12-10-17(11-13-18)15(2)3/h6-13,15H,5,14H2,1-4H3,(H,22,25). The molecule has 0 atom stereocenters. The highest BCUT2D eigenvalue weighted by atomic mass is 16.5. The summed E-state index contributed by atoms with van der Waals surface area (Å²) in [7, 11) is 0. The van der Waals surface area contributed by atoms with Gasteiger partial charge in [0, 0.05) is 12.6 Å². The fourth-order valence-corrected chi connectivity index (χ4v) is 2.62. The fourth-order valence-electron chi connectivity index (χ4n) is 2.62. The van der Waals surface area contributed by atoms with Crippen molar-refractivity contribution < 1.29 is 14.3 Å². The maximum atomic E-state index is 12.4. The van der Waals surface area contributed by atoms with Crippen LogP contribution in [0.25, 0.3) is 0 Å². The first-order chi connectivity index (χ1) is 12.4. The predicted molar refractivity (Wildman–Crippen MR) is 105 cm³/mol. The summed E-state index contributed by atoms with van der Waals surface area (Å²) in [6, 6.07) is 15.0. The smallest absolute Gasteiger partial charge is 0.244 e. The van der Waals surface area contributed by atoms with Crippen molar-refractivity contribution in [1.29, 1.82) is 0 Å². The number of hydrogen-bond acceptors (Lipinski definition) is 3. The van der Waals surface area contributed by atoms with Crippen LogP contribution in [-0.4, -0.2) is 25.0 Å². The maximum Gasteiger partial charge on any atom is 0.244 e. The van der Waals surface area contributed by atoms with Crippen LogP contribution >= 0.6 is 0 Å². The van der Waals surface area contributed by atoms with Crippen molar-refractivity contribution in [2.24, 2.45) is 0 Å². The van der Waals surface area contributed by atoms with Crippen molar-refractivity contribution in [1.82, 2.24) is 0 Å². The fraction of sp³-hybridized carbons (Fsp3) is 0.333. The average Bonchev–Trinajstić information content (AvgIpc) is 2.61. The quantitative estimate of drug-likeness (QED) is 0.811. The van der Waals surface area contributed by atoms with Crippen molar-refractivity contribution in [2.75, 3.05) is 23.4 Å². The first kappa shape index (κ1) is 19.5. The average molecular weight is 354 g/mol. The van der Waals surface area contributed by atoms with Crippen LogP contribution in [0.2, 0.25) is 0 Å². The lowest BCUT2D eigenvalue weighted by Crippen LogP contribution is -2.37. The normalized spacial score (nSPS) is 10.5. The number of nitrogens with zero attached hydrogens (tertiary/aromatic N) is 1. The SMILES string of the molecule is CCOc1ccccc1N(CC(=O)Nc1ccc(C(C)C)cc1)C(C)=O. The Morgan fingerprint density at radius 3 is 2.31 bits per heavy atom. The first-order valence-corrected chi connectivity index (χ1v) is 8.82. The molecule has 0 fully saturated rings. The van der Waals surface area contributed by atoms with Crippen molar-refractivity contribution in [3.8, 4) is 5.75 Å². The van der Waals surface area contributed by atoms with E-state index in [4.69, 9.17) is 4.74 Å². The van der Waals surface area contributed by atoms with E-state index < -0.39 is 0 Å². The molecule has 0 saturated heterocycles. The third kappa shape index (κ3) is 5.09. The first-order valence-electron chi connectivity index (χ1n) is 8.82. The van der Waals surface area contributed by atoms with Crippen LogP contribution in [-0.2, 0) is 9.59 Å². The van der Waals surface area contributed by atoms with E-state index in [2.05, 4.69) is 19.2 Å². The van der Waals surface area contributed by atoms with E-state index in [0.717, 1.165) is 0 Å². The van der Waals surface area contributed by atoms with Gasteiger partial charge in [0.15, 0.2) is 0 Å². The van der Waals surface area contributed by atoms with Gasteiger partial charge in [-0.1, -0.05) is 38.1 Å². The maximum absolute atomic E-state index is 12.4. The zero-order valence-corrected chi connectivity index (χ0v) is 15.8. The lowest BCUT2D eigenvalue weighted by atomic mass is 10.0. The minimum atomic E-state index is -0.260. The second-order valence-corrected chi connectivity index (χ2v) is 6.33. The van der Waals surface area contributed by atoms with Gasteiger partial charge >= 0.3 is 0 Å². The number of nitrogens with one attached hydrogen (secondary N) is 1. The second-order valence-electron chi connectivity index (χ2n) is 6.33. The number of carbonyl (C=O) groups excluding carboxylic acids is 2. The molecular weight excluding hydrogens is 328 g/mol. The summed E-state index contributed by atoms with van der Waals surface area (Å²) in [5.41, 5.74) is 2.51. The molecule has 138 valence electrons. The van der Waals surface area contributed by atoms with E-state index in [9.17, 15) is 9.59 Å². The molecule has 0 bridgehead atoms. The number of carbonyl (C=O) groups is 2. The number of para-hydroxylation sites is 2. The molecule has 0 aliphatic carbocycles. The Labute approximate surface area is 155 Å². The molecule has 26 heavy (non-hydrogen) atoms. The summed E-state index contributed by atoms with van der Waals surface area (Å²) >= 11 is 0. The zero-order valence-electron chi connectivity index (χ0n) is 15.8. The molecule has 0 saturated carbocycles. The number of rotatable bonds is 7. The van der Waals surface area contributed by atoms with Gasteiger partial charge in [-0.25, -0.2) is 0 Å². The Morgan fingerprint density at radius 1 is 1.08 bits per heavy atom. The van der Waals surface area contributed by atoms with E-state index >= 15 is 0 Å². The van der Waals surface area contributed by atoms with Gasteiger partial charge in [0.1, 0.15) is 12.3 Å². The van der Waals surface area contributed by atoms with E-state index in [0.29, 0.717) is 29.6 Å². The summed E-state index contributed by atoms with van der Waals surface area (Å²) in [5.74, 6) is 0.536. The molecule has 2 amide bonds. The van der Waals surface area contributed by atoms with Crippen molar-refractivity contribution in [3.05, 3.63) is 54.1 Å². The molecule has 0 aliphatic heterocycles. The topological polar surface area (TPSA) is 58.6 Å². The van der Waals surface area contributed by atoms with Crippen LogP contribution in [0.4, 0.5) is 11.4 Å². The van der Waals surface area contributed by atoms with Crippen LogP contribution in [0, 0.1) is 0 Å². The molecule has 2 aromatic rings. The van der Waals surface area contributed by atoms with Crippen molar-refractivity contribution in [3.63, 3.8) is 0 Å². The van der Waals surface area contributed by atoms with Crippen LogP contribution in [0.5, 0.6) is 5.75 Å². The number of ether oxygens (including phenoxy) is 1. The highest BCUT2D eigenvalue weighted by Crippen LogP contribution is 2.28. The Bertz CT molecular complexity index is 754. The van der Waals surface area contributed by atoms with Crippen molar-refractivity contribution >= 4 is 23.2 Å². The molecule has 1 N–H and O–H groups in total. The second kappa shape index (κ2) is 9.04. The summed E-state index contributed by atoms with van der Waals surface area (Å²) in [6.45, 7) is 7.96. The summed E-state index contributed by atoms with van der Waals surface area (Å²) in [6.07, 6.45) is 0. The molecule has 5 heteroatoms. The third-order valence-corrected chi connectivity index (χ3v) is 4.00. The molecule has 2 rings (SSSR count). The highest BCUT2D eigenvalue weighted by molar-refractivity contribution is 6.02. The number of anilines is 2. The van der Waals surface area contributed by atoms with Gasteiger partial charge in [0.25, 0.3) is 0 Å². The van der Waals surface area contributed by atoms with E-state index in [1.54, 1.807) is 12.1 Å². The molecule has 2 aromatic carbocycles. The van der Waals surface area contributed by atoms with Crippen LogP contribution in [0.1, 0.15) is 39.2 Å². The summed E-state index contributed by atoms with van der Waals surface area (Å²) in [5, 5.41) is 2.84. The van der Waals surface area contributed by atoms with E-state index in [1.165, 1.54) is 17.4 Å². The number of amides is 2. The van der Waals surface area contributed by atoms with Crippen LogP contribution in [0.15, 0.2) is 48.5 Å². The molecule has 0 aliphatic rings. The van der Waals surface area contributed by atoms with Gasteiger partial charge in [-0.2, -0.15) is 0 Å². The minimum absolute atomic E-state index is 0.0780. The van der Waals surface area contributed by atoms with Gasteiger partial charge in [-0.15, -0.1) is 0 Å². The highest BCUT2D eigenvalue weighted by Gasteiger charge is 2.19. The van der Waals surface area contributed by atoms with Gasteiger partial charge in [-0.3, -0.25) is 14.5 Å². The third-order valence-electron chi connectivity index (χ3n) is 4.00. The molecular formula is C21H26N2O3. The molecule has 0 aromatic heterocycles. The minimum Gasteiger partial charge on any atom is -0.492 e. The molecule has 0 spiro atoms. The number of benzene rings is 2. The summed E-state index contributed by atoms with van der Waals surface area (Å²) in [4.78, 5) is 26.0. The van der Waals surface area contributed by atoms with Crippen LogP contribution < -0.4 is 15.0 Å². The monoisotopic (exact) mass is 354 g/mol. The number of hydrogen-bond donors (Lipinski definition) is 1. The van der Waals surface area contributed by atoms with Gasteiger partial charge in [0.2, 0.25) is 11.8 Å². The Hall–Kier alpha value is -2.82. The summed E-state index contributed by atoms with van der Waals surface area (Å²) < 4.78 is 5.58. The Kier molecular flexibility index (Phi) is 6.78. The lowest BCUT2D eigenvalue weighted by molar-refractivity contribution is -0.120.